The van der Waals surface area contributed by atoms with Gasteiger partial charge >= 0.3 is 0 Å². The Morgan fingerprint density at radius 1 is 1.17 bits per heavy atom. The largest absolute Gasteiger partial charge is 0.472 e. The van der Waals surface area contributed by atoms with Gasteiger partial charge in [0.05, 0.1) is 24.0 Å². The van der Waals surface area contributed by atoms with Crippen molar-refractivity contribution in [2.45, 2.75) is 39.1 Å². The third-order valence-electron chi connectivity index (χ3n) is 4.23. The standard InChI is InChI=1S/C19H24N2O3/c1-14-10-21(11-15(2)24-14)12-17-6-4-3-5-16(17)9-20-19(22)18-7-8-23-13-18/h3-8,13-15H,9-12H2,1-2H3,(H,20,22)/t14-,15-/m1/s1. The van der Waals surface area contributed by atoms with Gasteiger partial charge in [0.15, 0.2) is 0 Å². The van der Waals surface area contributed by atoms with Crippen LogP contribution in [0.2, 0.25) is 0 Å². The van der Waals surface area contributed by atoms with Crippen LogP contribution in [0, 0.1) is 0 Å². The van der Waals surface area contributed by atoms with Gasteiger partial charge < -0.3 is 14.5 Å². The Labute approximate surface area is 142 Å². The number of carbonyl (C=O) groups excluding carboxylic acids is 1. The van der Waals surface area contributed by atoms with Crippen molar-refractivity contribution in [2.75, 3.05) is 13.1 Å². The molecular weight excluding hydrogens is 304 g/mol. The van der Waals surface area contributed by atoms with Gasteiger partial charge in [-0.1, -0.05) is 24.3 Å². The number of furan rings is 1. The molecule has 0 unspecified atom stereocenters. The highest BCUT2D eigenvalue weighted by Gasteiger charge is 2.22. The molecule has 2 heterocycles. The van der Waals surface area contributed by atoms with E-state index in [1.807, 2.05) is 12.1 Å². The Morgan fingerprint density at radius 2 is 1.88 bits per heavy atom. The summed E-state index contributed by atoms with van der Waals surface area (Å²) < 4.78 is 10.7. The van der Waals surface area contributed by atoms with E-state index in [0.29, 0.717) is 12.1 Å². The minimum absolute atomic E-state index is 0.118. The lowest BCUT2D eigenvalue weighted by molar-refractivity contribution is -0.0705. The molecule has 24 heavy (non-hydrogen) atoms. The highest BCUT2D eigenvalue weighted by Crippen LogP contribution is 2.17. The van der Waals surface area contributed by atoms with Gasteiger partial charge in [-0.3, -0.25) is 9.69 Å². The Bertz CT molecular complexity index is 659. The summed E-state index contributed by atoms with van der Waals surface area (Å²) in [5.41, 5.74) is 2.93. The molecule has 1 aromatic heterocycles. The van der Waals surface area contributed by atoms with Crippen LogP contribution in [0.15, 0.2) is 47.3 Å². The monoisotopic (exact) mass is 328 g/mol. The van der Waals surface area contributed by atoms with Crippen molar-refractivity contribution in [2.24, 2.45) is 0 Å². The van der Waals surface area contributed by atoms with Gasteiger partial charge in [-0.05, 0) is 31.0 Å². The second-order valence-electron chi connectivity index (χ2n) is 6.41. The Balaban J connectivity index is 1.63. The molecular formula is C19H24N2O3. The number of morpholine rings is 1. The zero-order valence-corrected chi connectivity index (χ0v) is 14.2. The molecule has 2 atom stereocenters. The lowest BCUT2D eigenvalue weighted by Gasteiger charge is -2.35. The van der Waals surface area contributed by atoms with Gasteiger partial charge in [0.1, 0.15) is 6.26 Å². The van der Waals surface area contributed by atoms with E-state index in [0.717, 1.165) is 25.2 Å². The van der Waals surface area contributed by atoms with Gasteiger partial charge in [0, 0.05) is 26.2 Å². The van der Waals surface area contributed by atoms with Crippen LogP contribution >= 0.6 is 0 Å². The van der Waals surface area contributed by atoms with Crippen LogP contribution < -0.4 is 5.32 Å². The molecule has 1 N–H and O–H groups in total. The van der Waals surface area contributed by atoms with Gasteiger partial charge in [-0.25, -0.2) is 0 Å². The number of carbonyl (C=O) groups is 1. The van der Waals surface area contributed by atoms with Crippen molar-refractivity contribution in [1.82, 2.24) is 10.2 Å². The normalized spacial score (nSPS) is 21.6. The van der Waals surface area contributed by atoms with Gasteiger partial charge in [0.2, 0.25) is 0 Å². The SMILES string of the molecule is C[C@@H]1CN(Cc2ccccc2CNC(=O)c2ccoc2)C[C@@H](C)O1. The van der Waals surface area contributed by atoms with Crippen molar-refractivity contribution >= 4 is 5.91 Å². The fourth-order valence-electron chi connectivity index (χ4n) is 3.21. The molecule has 128 valence electrons. The molecule has 1 aliphatic rings. The predicted octanol–water partition coefficient (Wildman–Crippen LogP) is 2.82. The maximum absolute atomic E-state index is 12.1. The Morgan fingerprint density at radius 3 is 2.54 bits per heavy atom. The minimum Gasteiger partial charge on any atom is -0.472 e. The van der Waals surface area contributed by atoms with E-state index in [1.165, 1.54) is 18.1 Å². The zero-order chi connectivity index (χ0) is 16.9. The van der Waals surface area contributed by atoms with E-state index in [-0.39, 0.29) is 18.1 Å². The minimum atomic E-state index is -0.118. The first-order valence-corrected chi connectivity index (χ1v) is 8.37. The van der Waals surface area contributed by atoms with E-state index in [4.69, 9.17) is 9.15 Å². The van der Waals surface area contributed by atoms with Crippen molar-refractivity contribution in [3.63, 3.8) is 0 Å². The van der Waals surface area contributed by atoms with Crippen molar-refractivity contribution in [3.05, 3.63) is 59.5 Å². The zero-order valence-electron chi connectivity index (χ0n) is 14.2. The predicted molar refractivity (Wildman–Crippen MR) is 91.6 cm³/mol. The first kappa shape index (κ1) is 16.7. The van der Waals surface area contributed by atoms with Crippen LogP contribution in [0.3, 0.4) is 0 Å². The second-order valence-corrected chi connectivity index (χ2v) is 6.41. The first-order valence-electron chi connectivity index (χ1n) is 8.37. The quantitative estimate of drug-likeness (QED) is 0.917. The van der Waals surface area contributed by atoms with Crippen LogP contribution in [0.5, 0.6) is 0 Å². The van der Waals surface area contributed by atoms with Crippen molar-refractivity contribution in [3.8, 4) is 0 Å². The average Bonchev–Trinajstić information content (AvgIpc) is 3.07. The van der Waals surface area contributed by atoms with E-state index >= 15 is 0 Å². The van der Waals surface area contributed by atoms with Gasteiger partial charge in [-0.2, -0.15) is 0 Å². The van der Waals surface area contributed by atoms with Gasteiger partial charge in [-0.15, -0.1) is 0 Å². The number of rotatable bonds is 5. The first-order chi connectivity index (χ1) is 11.6. The third-order valence-corrected chi connectivity index (χ3v) is 4.23. The number of nitrogens with one attached hydrogen (secondary N) is 1. The van der Waals surface area contributed by atoms with Crippen LogP contribution in [-0.2, 0) is 17.8 Å². The number of amides is 1. The summed E-state index contributed by atoms with van der Waals surface area (Å²) in [6.45, 7) is 7.46. The number of hydrogen-bond donors (Lipinski definition) is 1. The Kier molecular flexibility index (Phi) is 5.33. The van der Waals surface area contributed by atoms with Crippen LogP contribution in [-0.4, -0.2) is 36.1 Å². The van der Waals surface area contributed by atoms with E-state index in [1.54, 1.807) is 6.07 Å². The number of nitrogens with zero attached hydrogens (tertiary/aromatic N) is 1. The summed E-state index contributed by atoms with van der Waals surface area (Å²) >= 11 is 0. The summed E-state index contributed by atoms with van der Waals surface area (Å²) in [7, 11) is 0. The topological polar surface area (TPSA) is 54.7 Å². The lowest BCUT2D eigenvalue weighted by Crippen LogP contribution is -2.45. The molecule has 3 rings (SSSR count). The van der Waals surface area contributed by atoms with Crippen molar-refractivity contribution in [1.29, 1.82) is 0 Å². The average molecular weight is 328 g/mol. The van der Waals surface area contributed by atoms with Crippen LogP contribution in [0.4, 0.5) is 0 Å². The summed E-state index contributed by atoms with van der Waals surface area (Å²) in [5, 5.41) is 2.95. The molecule has 1 aliphatic heterocycles. The number of benzene rings is 1. The number of hydrogen-bond acceptors (Lipinski definition) is 4. The highest BCUT2D eigenvalue weighted by molar-refractivity contribution is 5.93. The second kappa shape index (κ2) is 7.64. The lowest BCUT2D eigenvalue weighted by atomic mass is 10.1. The highest BCUT2D eigenvalue weighted by atomic mass is 16.5. The summed E-state index contributed by atoms with van der Waals surface area (Å²) in [6.07, 6.45) is 3.46. The molecule has 5 heteroatoms. The Hall–Kier alpha value is -2.11. The van der Waals surface area contributed by atoms with E-state index in [9.17, 15) is 4.79 Å². The smallest absolute Gasteiger partial charge is 0.254 e. The molecule has 0 radical (unpaired) electrons. The number of ether oxygens (including phenoxy) is 1. The van der Waals surface area contributed by atoms with Crippen molar-refractivity contribution < 1.29 is 13.9 Å². The molecule has 5 nitrogen and oxygen atoms in total. The molecule has 1 amide bonds. The fraction of sp³-hybridized carbons (Fsp3) is 0.421. The summed E-state index contributed by atoms with van der Waals surface area (Å²) in [6, 6.07) is 9.91. The molecule has 0 aliphatic carbocycles. The molecule has 0 spiro atoms. The summed E-state index contributed by atoms with van der Waals surface area (Å²) in [4.78, 5) is 14.5. The molecule has 1 saturated heterocycles. The molecule has 2 aromatic rings. The van der Waals surface area contributed by atoms with Crippen LogP contribution in [0.1, 0.15) is 35.3 Å². The van der Waals surface area contributed by atoms with E-state index in [2.05, 4.69) is 36.2 Å². The molecule has 0 saturated carbocycles. The molecule has 0 bridgehead atoms. The van der Waals surface area contributed by atoms with E-state index < -0.39 is 0 Å². The summed E-state index contributed by atoms with van der Waals surface area (Å²) in [5.74, 6) is -0.118. The fourth-order valence-corrected chi connectivity index (χ4v) is 3.21. The third kappa shape index (κ3) is 4.24. The molecule has 1 fully saturated rings. The van der Waals surface area contributed by atoms with Crippen LogP contribution in [0.25, 0.3) is 0 Å². The molecule has 1 aromatic carbocycles. The maximum atomic E-state index is 12.1. The van der Waals surface area contributed by atoms with Gasteiger partial charge in [0.25, 0.3) is 5.91 Å². The maximum Gasteiger partial charge on any atom is 0.254 e.